The summed E-state index contributed by atoms with van der Waals surface area (Å²) in [5.41, 5.74) is 4.83. The van der Waals surface area contributed by atoms with Crippen molar-refractivity contribution in [3.63, 3.8) is 0 Å². The third-order valence-corrected chi connectivity index (χ3v) is 3.94. The summed E-state index contributed by atoms with van der Waals surface area (Å²) in [7, 11) is 0. The Morgan fingerprint density at radius 1 is 0.880 bits per heavy atom. The van der Waals surface area contributed by atoms with Crippen LogP contribution in [0.5, 0.6) is 0 Å². The maximum atomic E-state index is 12.3. The smallest absolute Gasteiger partial charge is 0.255 e. The van der Waals surface area contributed by atoms with Crippen molar-refractivity contribution >= 4 is 22.6 Å². The van der Waals surface area contributed by atoms with Gasteiger partial charge in [0.25, 0.3) is 5.91 Å². The summed E-state index contributed by atoms with van der Waals surface area (Å²) in [6.07, 6.45) is 0. The molecule has 0 bridgehead atoms. The molecular formula is C20H16N4O. The van der Waals surface area contributed by atoms with Gasteiger partial charge in [0.2, 0.25) is 0 Å². The Morgan fingerprint density at radius 2 is 1.60 bits per heavy atom. The molecule has 1 heterocycles. The second-order valence-electron chi connectivity index (χ2n) is 5.85. The highest BCUT2D eigenvalue weighted by Gasteiger charge is 2.09. The van der Waals surface area contributed by atoms with Crippen molar-refractivity contribution in [1.29, 1.82) is 0 Å². The second-order valence-corrected chi connectivity index (χ2v) is 5.85. The maximum absolute atomic E-state index is 12.3. The third-order valence-electron chi connectivity index (χ3n) is 3.94. The normalized spacial score (nSPS) is 10.8. The van der Waals surface area contributed by atoms with E-state index >= 15 is 0 Å². The van der Waals surface area contributed by atoms with Crippen LogP contribution in [0.4, 0.5) is 5.69 Å². The molecule has 0 saturated heterocycles. The highest BCUT2D eigenvalue weighted by molar-refractivity contribution is 6.04. The largest absolute Gasteiger partial charge is 0.322 e. The molecule has 0 aliphatic carbocycles. The number of fused-ring (bicyclic) bond motifs is 1. The zero-order valence-electron chi connectivity index (χ0n) is 13.7. The number of carbonyl (C=O) groups excluding carboxylic acids is 1. The molecule has 0 unspecified atom stereocenters. The molecule has 1 amide bonds. The predicted octanol–water partition coefficient (Wildman–Crippen LogP) is 3.98. The molecule has 4 rings (SSSR count). The number of hydrogen-bond donors (Lipinski definition) is 1. The summed E-state index contributed by atoms with van der Waals surface area (Å²) in [6.45, 7) is 1.99. The molecule has 5 heteroatoms. The first-order valence-corrected chi connectivity index (χ1v) is 8.00. The number of amides is 1. The van der Waals surface area contributed by atoms with E-state index in [1.807, 2.05) is 79.7 Å². The Bertz CT molecular complexity index is 1040. The van der Waals surface area contributed by atoms with Crippen molar-refractivity contribution in [3.8, 4) is 5.69 Å². The molecule has 0 aliphatic heterocycles. The van der Waals surface area contributed by atoms with Crippen LogP contribution in [-0.4, -0.2) is 20.9 Å². The SMILES string of the molecule is Cc1ccc(C(=O)Nc2ccc3nn(-c4ccccc4)nc3c2)cc1. The number of nitrogens with zero attached hydrogens (tertiary/aromatic N) is 3. The van der Waals surface area contributed by atoms with Gasteiger partial charge in [0.05, 0.1) is 5.69 Å². The average Bonchev–Trinajstić information content (AvgIpc) is 3.06. The van der Waals surface area contributed by atoms with E-state index in [-0.39, 0.29) is 5.91 Å². The van der Waals surface area contributed by atoms with Gasteiger partial charge < -0.3 is 5.32 Å². The number of anilines is 1. The summed E-state index contributed by atoms with van der Waals surface area (Å²) in [5.74, 6) is -0.144. The van der Waals surface area contributed by atoms with Crippen LogP contribution in [-0.2, 0) is 0 Å². The Labute approximate surface area is 144 Å². The van der Waals surface area contributed by atoms with Crippen LogP contribution >= 0.6 is 0 Å². The molecule has 4 aromatic rings. The van der Waals surface area contributed by atoms with Gasteiger partial charge in [-0.15, -0.1) is 10.2 Å². The summed E-state index contributed by atoms with van der Waals surface area (Å²) in [5, 5.41) is 11.9. The fourth-order valence-corrected chi connectivity index (χ4v) is 2.58. The van der Waals surface area contributed by atoms with Crippen molar-refractivity contribution in [3.05, 3.63) is 83.9 Å². The van der Waals surface area contributed by atoms with Gasteiger partial charge in [-0.1, -0.05) is 35.9 Å². The number of carbonyl (C=O) groups is 1. The lowest BCUT2D eigenvalue weighted by atomic mass is 10.1. The van der Waals surface area contributed by atoms with Gasteiger partial charge in [-0.05, 0) is 49.4 Å². The molecular weight excluding hydrogens is 312 g/mol. The van der Waals surface area contributed by atoms with Gasteiger partial charge in [-0.2, -0.15) is 4.80 Å². The molecule has 25 heavy (non-hydrogen) atoms. The highest BCUT2D eigenvalue weighted by atomic mass is 16.1. The molecule has 0 saturated carbocycles. The summed E-state index contributed by atoms with van der Waals surface area (Å²) in [6, 6.07) is 22.7. The van der Waals surface area contributed by atoms with E-state index in [2.05, 4.69) is 15.5 Å². The van der Waals surface area contributed by atoms with E-state index in [1.165, 1.54) is 0 Å². The minimum atomic E-state index is -0.144. The van der Waals surface area contributed by atoms with E-state index in [0.717, 1.165) is 22.3 Å². The molecule has 1 aromatic heterocycles. The van der Waals surface area contributed by atoms with Gasteiger partial charge in [0.15, 0.2) is 0 Å². The zero-order valence-corrected chi connectivity index (χ0v) is 13.7. The van der Waals surface area contributed by atoms with Gasteiger partial charge in [-0.25, -0.2) is 0 Å². The van der Waals surface area contributed by atoms with Crippen LogP contribution in [0.15, 0.2) is 72.8 Å². The summed E-state index contributed by atoms with van der Waals surface area (Å²) < 4.78 is 0. The second kappa shape index (κ2) is 6.20. The Kier molecular flexibility index (Phi) is 3.74. The maximum Gasteiger partial charge on any atom is 0.255 e. The Morgan fingerprint density at radius 3 is 2.36 bits per heavy atom. The lowest BCUT2D eigenvalue weighted by Crippen LogP contribution is -2.11. The molecule has 122 valence electrons. The lowest BCUT2D eigenvalue weighted by Gasteiger charge is -2.05. The van der Waals surface area contributed by atoms with Crippen molar-refractivity contribution < 1.29 is 4.79 Å². The quantitative estimate of drug-likeness (QED) is 0.619. The van der Waals surface area contributed by atoms with Crippen LogP contribution in [0.2, 0.25) is 0 Å². The van der Waals surface area contributed by atoms with Crippen LogP contribution in [0, 0.1) is 6.92 Å². The fourth-order valence-electron chi connectivity index (χ4n) is 2.58. The summed E-state index contributed by atoms with van der Waals surface area (Å²) in [4.78, 5) is 13.9. The monoisotopic (exact) mass is 328 g/mol. The molecule has 0 atom stereocenters. The first-order valence-electron chi connectivity index (χ1n) is 8.00. The van der Waals surface area contributed by atoms with Gasteiger partial charge in [-0.3, -0.25) is 4.79 Å². The van der Waals surface area contributed by atoms with Gasteiger partial charge in [0, 0.05) is 11.3 Å². The highest BCUT2D eigenvalue weighted by Crippen LogP contribution is 2.18. The van der Waals surface area contributed by atoms with Crippen LogP contribution in [0.1, 0.15) is 15.9 Å². The number of rotatable bonds is 3. The number of aromatic nitrogens is 3. The third kappa shape index (κ3) is 3.12. The van der Waals surface area contributed by atoms with Crippen molar-refractivity contribution in [2.24, 2.45) is 0 Å². The first kappa shape index (κ1) is 15.1. The van der Waals surface area contributed by atoms with E-state index in [9.17, 15) is 4.79 Å². The predicted molar refractivity (Wildman–Crippen MR) is 98.0 cm³/mol. The van der Waals surface area contributed by atoms with Crippen molar-refractivity contribution in [2.75, 3.05) is 5.32 Å². The van der Waals surface area contributed by atoms with E-state index < -0.39 is 0 Å². The molecule has 0 spiro atoms. The molecule has 0 radical (unpaired) electrons. The zero-order chi connectivity index (χ0) is 17.2. The van der Waals surface area contributed by atoms with Crippen LogP contribution in [0.3, 0.4) is 0 Å². The number of para-hydroxylation sites is 1. The van der Waals surface area contributed by atoms with Crippen LogP contribution < -0.4 is 5.32 Å². The molecule has 1 N–H and O–H groups in total. The Hall–Kier alpha value is -3.47. The van der Waals surface area contributed by atoms with Crippen molar-refractivity contribution in [1.82, 2.24) is 15.0 Å². The first-order chi connectivity index (χ1) is 12.2. The van der Waals surface area contributed by atoms with E-state index in [0.29, 0.717) is 11.3 Å². The van der Waals surface area contributed by atoms with E-state index in [1.54, 1.807) is 4.80 Å². The Balaban J connectivity index is 1.61. The van der Waals surface area contributed by atoms with Gasteiger partial charge >= 0.3 is 0 Å². The van der Waals surface area contributed by atoms with E-state index in [4.69, 9.17) is 0 Å². The number of benzene rings is 3. The average molecular weight is 328 g/mol. The van der Waals surface area contributed by atoms with Crippen molar-refractivity contribution in [2.45, 2.75) is 6.92 Å². The summed E-state index contributed by atoms with van der Waals surface area (Å²) >= 11 is 0. The minimum Gasteiger partial charge on any atom is -0.322 e. The minimum absolute atomic E-state index is 0.144. The lowest BCUT2D eigenvalue weighted by molar-refractivity contribution is 0.102. The number of aryl methyl sites for hydroxylation is 1. The molecule has 5 nitrogen and oxygen atoms in total. The fraction of sp³-hybridized carbons (Fsp3) is 0.0500. The van der Waals surface area contributed by atoms with Gasteiger partial charge in [0.1, 0.15) is 11.0 Å². The molecule has 3 aromatic carbocycles. The number of nitrogens with one attached hydrogen (secondary N) is 1. The molecule has 0 fully saturated rings. The topological polar surface area (TPSA) is 59.8 Å². The number of hydrogen-bond acceptors (Lipinski definition) is 3. The van der Waals surface area contributed by atoms with Crippen LogP contribution in [0.25, 0.3) is 16.7 Å². The molecule has 0 aliphatic rings. The standard InChI is InChI=1S/C20H16N4O/c1-14-7-9-15(10-8-14)20(25)21-16-11-12-18-19(13-16)23-24(22-18)17-5-3-2-4-6-17/h2-13H,1H3,(H,21,25).